The minimum Gasteiger partial charge on any atom is -0.352 e. The fourth-order valence-corrected chi connectivity index (χ4v) is 4.93. The van der Waals surface area contributed by atoms with Crippen LogP contribution in [-0.2, 0) is 16.8 Å². The van der Waals surface area contributed by atoms with E-state index in [1.165, 1.54) is 36.6 Å². The lowest BCUT2D eigenvalue weighted by Gasteiger charge is -2.41. The average molecular weight is 458 g/mol. The highest BCUT2D eigenvalue weighted by Crippen LogP contribution is 2.38. The van der Waals surface area contributed by atoms with Crippen LogP contribution in [0.15, 0.2) is 42.5 Å². The van der Waals surface area contributed by atoms with Gasteiger partial charge in [-0.3, -0.25) is 4.79 Å². The molecule has 1 aliphatic rings. The Balaban J connectivity index is 1.78. The van der Waals surface area contributed by atoms with E-state index in [-0.39, 0.29) is 17.9 Å². The molecule has 4 nitrogen and oxygen atoms in total. The van der Waals surface area contributed by atoms with Crippen molar-refractivity contribution in [1.29, 1.82) is 0 Å². The molecule has 0 spiro atoms. The third-order valence-electron chi connectivity index (χ3n) is 6.77. The van der Waals surface area contributed by atoms with Crippen molar-refractivity contribution in [3.05, 3.63) is 70.8 Å². The molecule has 2 unspecified atom stereocenters. The lowest BCUT2D eigenvalue weighted by molar-refractivity contribution is -0.119. The Morgan fingerprint density at radius 3 is 2.33 bits per heavy atom. The van der Waals surface area contributed by atoms with Gasteiger partial charge in [0.15, 0.2) is 0 Å². The highest BCUT2D eigenvalue weighted by molar-refractivity contribution is 5.73. The van der Waals surface area contributed by atoms with E-state index in [9.17, 15) is 13.6 Å². The van der Waals surface area contributed by atoms with Crippen LogP contribution in [0.25, 0.3) is 0 Å². The molecule has 33 heavy (non-hydrogen) atoms. The molecular formula is C27H37F2N3O. The number of rotatable bonds is 9. The number of nitrogens with one attached hydrogen (secondary N) is 2. The molecular weight excluding hydrogens is 420 g/mol. The summed E-state index contributed by atoms with van der Waals surface area (Å²) in [5.41, 5.74) is 9.46. The second-order valence-electron chi connectivity index (χ2n) is 9.76. The molecule has 0 aromatic heterocycles. The monoisotopic (exact) mass is 457 g/mol. The van der Waals surface area contributed by atoms with Crippen molar-refractivity contribution in [2.75, 3.05) is 6.54 Å². The number of hydrogen-bond acceptors (Lipinski definition) is 3. The maximum Gasteiger partial charge on any atom is 0.217 e. The number of carbonyl (C=O) groups is 1. The van der Waals surface area contributed by atoms with Crippen LogP contribution >= 0.6 is 0 Å². The van der Waals surface area contributed by atoms with Gasteiger partial charge in [-0.2, -0.15) is 0 Å². The van der Waals surface area contributed by atoms with Crippen molar-refractivity contribution in [1.82, 2.24) is 10.6 Å². The summed E-state index contributed by atoms with van der Waals surface area (Å²) < 4.78 is 27.4. The fraction of sp³-hybridized carbons (Fsp3) is 0.519. The Bertz CT molecular complexity index is 920. The van der Waals surface area contributed by atoms with Gasteiger partial charge in [0.05, 0.1) is 0 Å². The molecule has 1 saturated carbocycles. The lowest BCUT2D eigenvalue weighted by atomic mass is 9.75. The summed E-state index contributed by atoms with van der Waals surface area (Å²) in [5.74, 6) is -1.04. The third-order valence-corrected chi connectivity index (χ3v) is 6.77. The van der Waals surface area contributed by atoms with Crippen molar-refractivity contribution in [3.8, 4) is 0 Å². The van der Waals surface area contributed by atoms with Gasteiger partial charge in [-0.25, -0.2) is 8.78 Å². The molecule has 6 heteroatoms. The zero-order valence-corrected chi connectivity index (χ0v) is 20.0. The van der Waals surface area contributed by atoms with E-state index < -0.39 is 23.7 Å². The van der Waals surface area contributed by atoms with E-state index in [0.717, 1.165) is 31.7 Å². The molecule has 0 saturated heterocycles. The summed E-state index contributed by atoms with van der Waals surface area (Å²) in [4.78, 5) is 11.8. The van der Waals surface area contributed by atoms with Crippen LogP contribution in [0.1, 0.15) is 75.5 Å². The van der Waals surface area contributed by atoms with E-state index in [2.05, 4.69) is 48.7 Å². The van der Waals surface area contributed by atoms with Crippen molar-refractivity contribution >= 4 is 5.91 Å². The summed E-state index contributed by atoms with van der Waals surface area (Å²) in [7, 11) is 0. The van der Waals surface area contributed by atoms with Gasteiger partial charge in [0.1, 0.15) is 11.6 Å². The summed E-state index contributed by atoms with van der Waals surface area (Å²) in [6.07, 6.45) is 5.83. The SMILES string of the molecule is CC(=O)NC(Cc1cc(F)cc(F)c1)C(N)CNC1(c2cccc(C(C)C)c2)CCCCC1. The molecule has 2 atom stereocenters. The van der Waals surface area contributed by atoms with Crippen molar-refractivity contribution in [3.63, 3.8) is 0 Å². The number of hydrogen-bond donors (Lipinski definition) is 3. The highest BCUT2D eigenvalue weighted by atomic mass is 19.1. The molecule has 0 heterocycles. The Morgan fingerprint density at radius 2 is 1.73 bits per heavy atom. The molecule has 0 radical (unpaired) electrons. The van der Waals surface area contributed by atoms with Crippen LogP contribution in [0.5, 0.6) is 0 Å². The highest BCUT2D eigenvalue weighted by Gasteiger charge is 2.34. The maximum absolute atomic E-state index is 13.7. The van der Waals surface area contributed by atoms with E-state index >= 15 is 0 Å². The summed E-state index contributed by atoms with van der Waals surface area (Å²) in [5, 5.41) is 6.64. The Morgan fingerprint density at radius 1 is 1.06 bits per heavy atom. The zero-order valence-electron chi connectivity index (χ0n) is 20.0. The van der Waals surface area contributed by atoms with Gasteiger partial charge < -0.3 is 16.4 Å². The van der Waals surface area contributed by atoms with Crippen LogP contribution < -0.4 is 16.4 Å². The Labute approximate surface area is 196 Å². The van der Waals surface area contributed by atoms with Gasteiger partial charge in [-0.15, -0.1) is 0 Å². The Hall–Kier alpha value is -2.31. The van der Waals surface area contributed by atoms with E-state index in [4.69, 9.17) is 5.73 Å². The Kier molecular flexibility index (Phi) is 8.60. The quantitative estimate of drug-likeness (QED) is 0.501. The standard InChI is InChI=1S/C27H37F2N3O/c1-18(2)21-8-7-9-22(15-21)27(10-5-4-6-11-27)31-17-25(30)26(32-19(3)33)14-20-12-23(28)16-24(29)13-20/h7-9,12-13,15-16,18,25-26,31H,4-6,10-11,14,17,30H2,1-3H3,(H,32,33). The zero-order chi connectivity index (χ0) is 24.0. The smallest absolute Gasteiger partial charge is 0.217 e. The first-order valence-corrected chi connectivity index (χ1v) is 12.0. The molecule has 1 aliphatic carbocycles. The van der Waals surface area contributed by atoms with Gasteiger partial charge in [0, 0.05) is 37.2 Å². The van der Waals surface area contributed by atoms with Gasteiger partial charge in [0.25, 0.3) is 0 Å². The molecule has 3 rings (SSSR count). The maximum atomic E-state index is 13.7. The van der Waals surface area contributed by atoms with Gasteiger partial charge in [0.2, 0.25) is 5.91 Å². The van der Waals surface area contributed by atoms with E-state index in [0.29, 0.717) is 18.0 Å². The van der Waals surface area contributed by atoms with Crippen LogP contribution in [0.2, 0.25) is 0 Å². The number of nitrogens with two attached hydrogens (primary N) is 1. The predicted octanol–water partition coefficient (Wildman–Crippen LogP) is 4.91. The fourth-order valence-electron chi connectivity index (χ4n) is 4.93. The predicted molar refractivity (Wildman–Crippen MR) is 129 cm³/mol. The van der Waals surface area contributed by atoms with E-state index in [1.807, 2.05) is 0 Å². The molecule has 2 aromatic carbocycles. The normalized spacial score (nSPS) is 17.5. The van der Waals surface area contributed by atoms with Crippen LogP contribution in [-0.4, -0.2) is 24.5 Å². The third kappa shape index (κ3) is 6.84. The van der Waals surface area contributed by atoms with Crippen LogP contribution in [0.3, 0.4) is 0 Å². The first kappa shape index (κ1) is 25.3. The first-order valence-electron chi connectivity index (χ1n) is 12.0. The first-order chi connectivity index (χ1) is 15.7. The minimum atomic E-state index is -0.635. The van der Waals surface area contributed by atoms with Gasteiger partial charge >= 0.3 is 0 Å². The topological polar surface area (TPSA) is 67.2 Å². The second-order valence-corrected chi connectivity index (χ2v) is 9.76. The molecule has 180 valence electrons. The molecule has 2 aromatic rings. The van der Waals surface area contributed by atoms with Gasteiger partial charge in [-0.1, -0.05) is 57.4 Å². The van der Waals surface area contributed by atoms with Crippen molar-refractivity contribution < 1.29 is 13.6 Å². The average Bonchev–Trinajstić information content (AvgIpc) is 2.77. The number of amides is 1. The molecule has 4 N–H and O–H groups in total. The van der Waals surface area contributed by atoms with Crippen molar-refractivity contribution in [2.45, 2.75) is 82.8 Å². The molecule has 1 amide bonds. The molecule has 0 aliphatic heterocycles. The molecule has 1 fully saturated rings. The second kappa shape index (κ2) is 11.2. The summed E-state index contributed by atoms with van der Waals surface area (Å²) >= 11 is 0. The van der Waals surface area contributed by atoms with Crippen molar-refractivity contribution in [2.24, 2.45) is 5.73 Å². The van der Waals surface area contributed by atoms with E-state index in [1.54, 1.807) is 0 Å². The van der Waals surface area contributed by atoms with Crippen LogP contribution in [0, 0.1) is 11.6 Å². The largest absolute Gasteiger partial charge is 0.352 e. The molecule has 0 bridgehead atoms. The van der Waals surface area contributed by atoms with Crippen LogP contribution in [0.4, 0.5) is 8.78 Å². The number of benzene rings is 2. The lowest BCUT2D eigenvalue weighted by Crippen LogP contribution is -2.56. The number of halogens is 2. The summed E-state index contributed by atoms with van der Waals surface area (Å²) in [6.45, 7) is 6.31. The number of carbonyl (C=O) groups excluding carboxylic acids is 1. The van der Waals surface area contributed by atoms with Gasteiger partial charge in [-0.05, 0) is 54.0 Å². The minimum absolute atomic E-state index is 0.160. The summed E-state index contributed by atoms with van der Waals surface area (Å²) in [6, 6.07) is 11.3.